The first-order valence-corrected chi connectivity index (χ1v) is 8.62. The molecule has 0 saturated carbocycles. The van der Waals surface area contributed by atoms with Crippen molar-refractivity contribution in [1.29, 1.82) is 0 Å². The lowest BCUT2D eigenvalue weighted by atomic mass is 10.1. The number of carbonyl (C=O) groups excluding carboxylic acids is 1. The lowest BCUT2D eigenvalue weighted by Crippen LogP contribution is -2.32. The van der Waals surface area contributed by atoms with E-state index in [9.17, 15) is 17.6 Å². The maximum absolute atomic E-state index is 14.0. The molecule has 1 rings (SSSR count). The standard InChI is InChI=1S/C13H17ClFNO4S/c1-4-20-9(3)7-16-13(17)11-6-10(21(14,18)19)5-8(2)12(11)15/h5-6,9H,4,7H2,1-3H3,(H,16,17). The Labute approximate surface area is 127 Å². The van der Waals surface area contributed by atoms with Crippen LogP contribution in [0.15, 0.2) is 17.0 Å². The summed E-state index contributed by atoms with van der Waals surface area (Å²) in [6.07, 6.45) is -0.233. The van der Waals surface area contributed by atoms with Gasteiger partial charge in [-0.2, -0.15) is 0 Å². The van der Waals surface area contributed by atoms with Crippen molar-refractivity contribution in [1.82, 2.24) is 5.32 Å². The highest BCUT2D eigenvalue weighted by molar-refractivity contribution is 8.13. The van der Waals surface area contributed by atoms with Gasteiger partial charge in [0.25, 0.3) is 15.0 Å². The van der Waals surface area contributed by atoms with Gasteiger partial charge >= 0.3 is 0 Å². The van der Waals surface area contributed by atoms with Crippen LogP contribution < -0.4 is 5.32 Å². The monoisotopic (exact) mass is 337 g/mol. The third-order valence-electron chi connectivity index (χ3n) is 2.76. The van der Waals surface area contributed by atoms with E-state index >= 15 is 0 Å². The van der Waals surface area contributed by atoms with Gasteiger partial charge in [-0.25, -0.2) is 12.8 Å². The molecule has 1 aromatic rings. The van der Waals surface area contributed by atoms with Crippen LogP contribution in [0.25, 0.3) is 0 Å². The fourth-order valence-corrected chi connectivity index (χ4v) is 2.56. The van der Waals surface area contributed by atoms with Gasteiger partial charge in [-0.05, 0) is 38.5 Å². The summed E-state index contributed by atoms with van der Waals surface area (Å²) < 4.78 is 41.8. The fraction of sp³-hybridized carbons (Fsp3) is 0.462. The van der Waals surface area contributed by atoms with E-state index in [4.69, 9.17) is 15.4 Å². The highest BCUT2D eigenvalue weighted by atomic mass is 35.7. The van der Waals surface area contributed by atoms with Crippen molar-refractivity contribution in [2.75, 3.05) is 13.2 Å². The second-order valence-corrected chi connectivity index (χ2v) is 7.08. The quantitative estimate of drug-likeness (QED) is 0.808. The zero-order valence-corrected chi connectivity index (χ0v) is 13.5. The smallest absolute Gasteiger partial charge is 0.261 e. The average Bonchev–Trinajstić information content (AvgIpc) is 2.38. The number of benzene rings is 1. The molecule has 0 aliphatic heterocycles. The Kier molecular flexibility index (Phi) is 6.12. The molecule has 5 nitrogen and oxygen atoms in total. The first kappa shape index (κ1) is 17.9. The molecule has 1 unspecified atom stereocenters. The molecule has 0 aliphatic carbocycles. The van der Waals surface area contributed by atoms with E-state index in [1.807, 2.05) is 6.92 Å². The number of hydrogen-bond donors (Lipinski definition) is 1. The molecule has 0 fully saturated rings. The zero-order chi connectivity index (χ0) is 16.2. The van der Waals surface area contributed by atoms with Crippen molar-refractivity contribution < 1.29 is 22.3 Å². The van der Waals surface area contributed by atoms with E-state index in [1.165, 1.54) is 6.92 Å². The lowest BCUT2D eigenvalue weighted by Gasteiger charge is -2.13. The van der Waals surface area contributed by atoms with Crippen molar-refractivity contribution in [2.45, 2.75) is 31.8 Å². The average molecular weight is 338 g/mol. The fourth-order valence-electron chi connectivity index (χ4n) is 1.72. The zero-order valence-electron chi connectivity index (χ0n) is 11.9. The minimum Gasteiger partial charge on any atom is -0.377 e. The highest BCUT2D eigenvalue weighted by Gasteiger charge is 2.20. The van der Waals surface area contributed by atoms with Crippen LogP contribution in [-0.4, -0.2) is 33.6 Å². The molecule has 1 N–H and O–H groups in total. The second kappa shape index (κ2) is 7.20. The van der Waals surface area contributed by atoms with Crippen LogP contribution >= 0.6 is 10.7 Å². The first-order valence-electron chi connectivity index (χ1n) is 6.31. The van der Waals surface area contributed by atoms with Gasteiger partial charge in [0.1, 0.15) is 5.82 Å². The van der Waals surface area contributed by atoms with Crippen molar-refractivity contribution in [3.63, 3.8) is 0 Å². The van der Waals surface area contributed by atoms with Gasteiger partial charge in [-0.15, -0.1) is 0 Å². The molecule has 0 bridgehead atoms. The number of halogens is 2. The molecule has 118 valence electrons. The van der Waals surface area contributed by atoms with E-state index in [2.05, 4.69) is 5.32 Å². The Bertz CT molecular complexity index is 633. The molecular weight excluding hydrogens is 321 g/mol. The molecule has 0 heterocycles. The Morgan fingerprint density at radius 3 is 2.62 bits per heavy atom. The summed E-state index contributed by atoms with van der Waals surface area (Å²) in [4.78, 5) is 11.6. The predicted molar refractivity (Wildman–Crippen MR) is 77.6 cm³/mol. The third kappa shape index (κ3) is 4.94. The van der Waals surface area contributed by atoms with Gasteiger partial charge < -0.3 is 10.1 Å². The van der Waals surface area contributed by atoms with E-state index < -0.39 is 20.8 Å². The summed E-state index contributed by atoms with van der Waals surface area (Å²) in [5, 5.41) is 2.49. The number of aryl methyl sites for hydroxylation is 1. The van der Waals surface area contributed by atoms with Crippen molar-refractivity contribution in [2.24, 2.45) is 0 Å². The van der Waals surface area contributed by atoms with E-state index in [1.54, 1.807) is 6.92 Å². The lowest BCUT2D eigenvalue weighted by molar-refractivity contribution is 0.0693. The molecule has 0 spiro atoms. The number of nitrogens with one attached hydrogen (secondary N) is 1. The van der Waals surface area contributed by atoms with Crippen molar-refractivity contribution in [3.8, 4) is 0 Å². The minimum atomic E-state index is -4.04. The van der Waals surface area contributed by atoms with Gasteiger partial charge in [-0.3, -0.25) is 4.79 Å². The SMILES string of the molecule is CCOC(C)CNC(=O)c1cc(S(=O)(=O)Cl)cc(C)c1F. The van der Waals surface area contributed by atoms with Crippen molar-refractivity contribution >= 4 is 25.6 Å². The minimum absolute atomic E-state index is 0.0275. The molecule has 21 heavy (non-hydrogen) atoms. The van der Waals surface area contributed by atoms with Gasteiger partial charge in [0.2, 0.25) is 0 Å². The summed E-state index contributed by atoms with van der Waals surface area (Å²) in [5.74, 6) is -1.50. The van der Waals surface area contributed by atoms with Gasteiger partial charge in [0.15, 0.2) is 0 Å². The second-order valence-electron chi connectivity index (χ2n) is 4.52. The number of hydrogen-bond acceptors (Lipinski definition) is 4. The molecule has 8 heteroatoms. The summed E-state index contributed by atoms with van der Waals surface area (Å²) in [6, 6.07) is 2.00. The predicted octanol–water partition coefficient (Wildman–Crippen LogP) is 2.22. The largest absolute Gasteiger partial charge is 0.377 e. The Morgan fingerprint density at radius 1 is 1.48 bits per heavy atom. The Hall–Kier alpha value is -1.18. The maximum atomic E-state index is 14.0. The maximum Gasteiger partial charge on any atom is 0.261 e. The van der Waals surface area contributed by atoms with Crippen LogP contribution in [0, 0.1) is 12.7 Å². The van der Waals surface area contributed by atoms with Crippen LogP contribution in [0.2, 0.25) is 0 Å². The molecule has 0 radical (unpaired) electrons. The van der Waals surface area contributed by atoms with Crippen LogP contribution in [0.4, 0.5) is 4.39 Å². The summed E-state index contributed by atoms with van der Waals surface area (Å²) in [7, 11) is 1.19. The molecule has 0 aliphatic rings. The van der Waals surface area contributed by atoms with Gasteiger partial charge in [0, 0.05) is 23.8 Å². The number of amides is 1. The number of rotatable bonds is 6. The number of carbonyl (C=O) groups is 1. The molecule has 1 aromatic carbocycles. The highest BCUT2D eigenvalue weighted by Crippen LogP contribution is 2.22. The van der Waals surface area contributed by atoms with Gasteiger partial charge in [0.05, 0.1) is 16.6 Å². The van der Waals surface area contributed by atoms with E-state index in [0.29, 0.717) is 6.61 Å². The van der Waals surface area contributed by atoms with Crippen LogP contribution in [0.5, 0.6) is 0 Å². The van der Waals surface area contributed by atoms with Crippen molar-refractivity contribution in [3.05, 3.63) is 29.1 Å². The van der Waals surface area contributed by atoms with Crippen LogP contribution in [0.3, 0.4) is 0 Å². The first-order chi connectivity index (χ1) is 9.66. The number of ether oxygens (including phenoxy) is 1. The van der Waals surface area contributed by atoms with Crippen LogP contribution in [-0.2, 0) is 13.8 Å². The summed E-state index contributed by atoms with van der Waals surface area (Å²) in [5.41, 5.74) is -0.336. The van der Waals surface area contributed by atoms with Crippen LogP contribution in [0.1, 0.15) is 29.8 Å². The van der Waals surface area contributed by atoms with Gasteiger partial charge in [-0.1, -0.05) is 0 Å². The summed E-state index contributed by atoms with van der Waals surface area (Å²) >= 11 is 0. The normalized spacial score (nSPS) is 13.0. The Morgan fingerprint density at radius 2 is 2.10 bits per heavy atom. The van der Waals surface area contributed by atoms with E-state index in [-0.39, 0.29) is 28.7 Å². The third-order valence-corrected chi connectivity index (χ3v) is 4.09. The molecule has 0 aromatic heterocycles. The van der Waals surface area contributed by atoms with E-state index in [0.717, 1.165) is 12.1 Å². The Balaban J connectivity index is 3.01. The molecule has 1 amide bonds. The molecular formula is C13H17ClFNO4S. The molecule has 0 saturated heterocycles. The summed E-state index contributed by atoms with van der Waals surface area (Å²) in [6.45, 7) is 5.61. The molecule has 1 atom stereocenters. The topological polar surface area (TPSA) is 72.5 Å².